The molecule has 0 aromatic heterocycles. The quantitative estimate of drug-likeness (QED) is 0.511. The molecule has 0 spiro atoms. The van der Waals surface area contributed by atoms with Crippen LogP contribution in [0.2, 0.25) is 0 Å². The molecular formula is C28H34. The van der Waals surface area contributed by atoms with Gasteiger partial charge in [0.15, 0.2) is 0 Å². The maximum absolute atomic E-state index is 2.56. The van der Waals surface area contributed by atoms with Gasteiger partial charge in [-0.3, -0.25) is 0 Å². The minimum atomic E-state index is 0.796. The third-order valence-corrected chi connectivity index (χ3v) is 7.76. The van der Waals surface area contributed by atoms with Crippen molar-refractivity contribution in [1.29, 1.82) is 0 Å². The monoisotopic (exact) mass is 370 g/mol. The minimum Gasteiger partial charge on any atom is -0.0625 e. The summed E-state index contributed by atoms with van der Waals surface area (Å²) in [5.41, 5.74) is 9.14. The summed E-state index contributed by atoms with van der Waals surface area (Å²) in [7, 11) is 0. The van der Waals surface area contributed by atoms with Gasteiger partial charge < -0.3 is 0 Å². The number of hydrogen-bond acceptors (Lipinski definition) is 0. The summed E-state index contributed by atoms with van der Waals surface area (Å²) < 4.78 is 0. The van der Waals surface area contributed by atoms with E-state index < -0.39 is 0 Å². The Morgan fingerprint density at radius 1 is 0.714 bits per heavy atom. The van der Waals surface area contributed by atoms with Gasteiger partial charge in [-0.15, -0.1) is 0 Å². The van der Waals surface area contributed by atoms with E-state index in [9.17, 15) is 0 Å². The lowest BCUT2D eigenvalue weighted by Crippen LogP contribution is -2.14. The first kappa shape index (κ1) is 18.2. The summed E-state index contributed by atoms with van der Waals surface area (Å²) >= 11 is 0. The van der Waals surface area contributed by atoms with Gasteiger partial charge in [-0.2, -0.15) is 0 Å². The third kappa shape index (κ3) is 3.59. The number of fused-ring (bicyclic) bond motifs is 1. The molecule has 0 heterocycles. The van der Waals surface area contributed by atoms with Gasteiger partial charge in [-0.05, 0) is 77.7 Å². The molecule has 3 aliphatic rings. The van der Waals surface area contributed by atoms with Crippen LogP contribution in [0.3, 0.4) is 0 Å². The number of rotatable bonds is 3. The highest BCUT2D eigenvalue weighted by molar-refractivity contribution is 5.81. The molecule has 146 valence electrons. The molecule has 2 aromatic carbocycles. The molecule has 2 aromatic rings. The molecule has 0 atom stereocenters. The SMILES string of the molecule is CC1CCC(C2=Cc3c(cccc3-c3ccc(C4CCCCC4)cc3)C2)CC1. The summed E-state index contributed by atoms with van der Waals surface area (Å²) in [5, 5.41) is 0. The van der Waals surface area contributed by atoms with Crippen molar-refractivity contribution in [3.63, 3.8) is 0 Å². The van der Waals surface area contributed by atoms with Gasteiger partial charge >= 0.3 is 0 Å². The van der Waals surface area contributed by atoms with Gasteiger partial charge in [-0.1, -0.05) is 93.1 Å². The lowest BCUT2D eigenvalue weighted by molar-refractivity contribution is 0.319. The first-order chi connectivity index (χ1) is 13.8. The van der Waals surface area contributed by atoms with E-state index in [0.29, 0.717) is 0 Å². The topological polar surface area (TPSA) is 0 Å². The van der Waals surface area contributed by atoms with Crippen molar-refractivity contribution in [2.45, 2.75) is 77.0 Å². The van der Waals surface area contributed by atoms with Gasteiger partial charge in [0, 0.05) is 0 Å². The van der Waals surface area contributed by atoms with Crippen LogP contribution in [-0.4, -0.2) is 0 Å². The van der Waals surface area contributed by atoms with Crippen LogP contribution in [0.5, 0.6) is 0 Å². The Hall–Kier alpha value is -1.82. The number of benzene rings is 2. The predicted molar refractivity (Wildman–Crippen MR) is 121 cm³/mol. The fourth-order valence-electron chi connectivity index (χ4n) is 5.91. The maximum atomic E-state index is 2.56. The zero-order chi connectivity index (χ0) is 18.9. The Kier molecular flexibility index (Phi) is 5.14. The van der Waals surface area contributed by atoms with Gasteiger partial charge in [-0.25, -0.2) is 0 Å². The molecule has 0 amide bonds. The Balaban J connectivity index is 1.39. The van der Waals surface area contributed by atoms with Gasteiger partial charge in [0.05, 0.1) is 0 Å². The predicted octanol–water partition coefficient (Wildman–Crippen LogP) is 8.17. The van der Waals surface area contributed by atoms with Gasteiger partial charge in [0.1, 0.15) is 0 Å². The smallest absolute Gasteiger partial charge is 0.00548 e. The van der Waals surface area contributed by atoms with Crippen LogP contribution in [0.1, 0.15) is 87.3 Å². The lowest BCUT2D eigenvalue weighted by Gasteiger charge is -2.27. The Bertz CT molecular complexity index is 840. The average Bonchev–Trinajstić information content (AvgIpc) is 3.19. The van der Waals surface area contributed by atoms with Crippen molar-refractivity contribution in [3.05, 3.63) is 64.7 Å². The zero-order valence-electron chi connectivity index (χ0n) is 17.4. The Morgan fingerprint density at radius 2 is 1.46 bits per heavy atom. The molecule has 0 heteroatoms. The summed E-state index contributed by atoms with van der Waals surface area (Å²) in [6, 6.07) is 16.5. The number of allylic oxidation sites excluding steroid dienone is 1. The van der Waals surface area contributed by atoms with E-state index >= 15 is 0 Å². The van der Waals surface area contributed by atoms with Crippen LogP contribution in [0.25, 0.3) is 17.2 Å². The van der Waals surface area contributed by atoms with E-state index in [-0.39, 0.29) is 0 Å². The van der Waals surface area contributed by atoms with Crippen molar-refractivity contribution in [2.75, 3.05) is 0 Å². The van der Waals surface area contributed by atoms with E-state index in [1.807, 2.05) is 0 Å². The molecule has 0 bridgehead atoms. The third-order valence-electron chi connectivity index (χ3n) is 7.76. The van der Waals surface area contributed by atoms with E-state index in [2.05, 4.69) is 55.5 Å². The molecule has 3 aliphatic carbocycles. The van der Waals surface area contributed by atoms with Crippen molar-refractivity contribution in [2.24, 2.45) is 11.8 Å². The van der Waals surface area contributed by atoms with Crippen LogP contribution >= 0.6 is 0 Å². The highest BCUT2D eigenvalue weighted by Crippen LogP contribution is 2.42. The molecule has 0 N–H and O–H groups in total. The fourth-order valence-corrected chi connectivity index (χ4v) is 5.91. The van der Waals surface area contributed by atoms with Crippen LogP contribution in [0, 0.1) is 11.8 Å². The molecular weight excluding hydrogens is 336 g/mol. The summed E-state index contributed by atoms with van der Waals surface area (Å²) in [5.74, 6) is 2.55. The normalized spacial score (nSPS) is 25.4. The molecule has 0 aliphatic heterocycles. The average molecular weight is 371 g/mol. The van der Waals surface area contributed by atoms with E-state index in [1.54, 1.807) is 16.7 Å². The summed E-state index contributed by atoms with van der Waals surface area (Å²) in [6.07, 6.45) is 16.4. The Morgan fingerprint density at radius 3 is 2.21 bits per heavy atom. The molecule has 2 saturated carbocycles. The van der Waals surface area contributed by atoms with Crippen molar-refractivity contribution < 1.29 is 0 Å². The Labute approximate surface area is 171 Å². The van der Waals surface area contributed by atoms with Crippen LogP contribution in [0.4, 0.5) is 0 Å². The fraction of sp³-hybridized carbons (Fsp3) is 0.500. The second-order valence-electron chi connectivity index (χ2n) is 9.69. The highest BCUT2D eigenvalue weighted by atomic mass is 14.3. The molecule has 28 heavy (non-hydrogen) atoms. The summed E-state index contributed by atoms with van der Waals surface area (Å²) in [6.45, 7) is 2.42. The van der Waals surface area contributed by atoms with E-state index in [4.69, 9.17) is 0 Å². The zero-order valence-corrected chi connectivity index (χ0v) is 17.4. The molecule has 2 fully saturated rings. The first-order valence-electron chi connectivity index (χ1n) is 11.7. The van der Waals surface area contributed by atoms with Crippen molar-refractivity contribution >= 4 is 6.08 Å². The maximum Gasteiger partial charge on any atom is -0.00548 e. The molecule has 0 radical (unpaired) electrons. The lowest BCUT2D eigenvalue weighted by atomic mass is 9.79. The molecule has 0 nitrogen and oxygen atoms in total. The molecule has 5 rings (SSSR count). The highest BCUT2D eigenvalue weighted by Gasteiger charge is 2.26. The van der Waals surface area contributed by atoms with Crippen LogP contribution < -0.4 is 0 Å². The minimum absolute atomic E-state index is 0.796. The summed E-state index contributed by atoms with van der Waals surface area (Å²) in [4.78, 5) is 0. The number of hydrogen-bond donors (Lipinski definition) is 0. The standard InChI is InChI=1S/C28H34/c1-20-10-12-23(13-11-20)26-18-25-8-5-9-27(28(25)19-26)24-16-14-22(15-17-24)21-6-3-2-4-7-21/h5,8-9,14-17,19-21,23H,2-4,6-7,10-13,18H2,1H3. The van der Waals surface area contributed by atoms with Crippen LogP contribution in [0.15, 0.2) is 48.0 Å². The van der Waals surface area contributed by atoms with E-state index in [1.165, 1.54) is 80.9 Å². The van der Waals surface area contributed by atoms with Gasteiger partial charge in [0.25, 0.3) is 0 Å². The molecule has 0 unspecified atom stereocenters. The van der Waals surface area contributed by atoms with Crippen molar-refractivity contribution in [3.8, 4) is 11.1 Å². The van der Waals surface area contributed by atoms with Gasteiger partial charge in [0.2, 0.25) is 0 Å². The first-order valence-corrected chi connectivity index (χ1v) is 11.7. The second-order valence-corrected chi connectivity index (χ2v) is 9.69. The second kappa shape index (κ2) is 7.90. The van der Waals surface area contributed by atoms with E-state index in [0.717, 1.165) is 17.8 Å². The van der Waals surface area contributed by atoms with Crippen molar-refractivity contribution in [1.82, 2.24) is 0 Å². The molecule has 0 saturated heterocycles. The largest absolute Gasteiger partial charge is 0.0625 e. The van der Waals surface area contributed by atoms with Crippen LogP contribution in [-0.2, 0) is 6.42 Å².